The fourth-order valence-corrected chi connectivity index (χ4v) is 0.983. The summed E-state index contributed by atoms with van der Waals surface area (Å²) in [4.78, 5) is 4.26. The zero-order valence-corrected chi connectivity index (χ0v) is 8.71. The highest BCUT2D eigenvalue weighted by molar-refractivity contribution is 5.38. The van der Waals surface area contributed by atoms with Crippen molar-refractivity contribution in [3.8, 4) is 5.88 Å². The Morgan fingerprint density at radius 2 is 2.36 bits per heavy atom. The number of anilines is 1. The van der Waals surface area contributed by atoms with Crippen LogP contribution >= 0.6 is 0 Å². The molecule has 0 bridgehead atoms. The van der Waals surface area contributed by atoms with E-state index in [9.17, 15) is 0 Å². The second-order valence-corrected chi connectivity index (χ2v) is 3.10. The van der Waals surface area contributed by atoms with Crippen molar-refractivity contribution in [3.05, 3.63) is 30.4 Å². The summed E-state index contributed by atoms with van der Waals surface area (Å²) in [5, 5.41) is 3.15. The fourth-order valence-electron chi connectivity index (χ4n) is 0.983. The first-order chi connectivity index (χ1) is 6.72. The maximum Gasteiger partial charge on any atom is 0.215 e. The predicted molar refractivity (Wildman–Crippen MR) is 58.7 cm³/mol. The minimum absolute atomic E-state index is 0.636. The molecule has 0 aromatic carbocycles. The van der Waals surface area contributed by atoms with Gasteiger partial charge in [-0.3, -0.25) is 0 Å². The van der Waals surface area contributed by atoms with Crippen molar-refractivity contribution in [2.24, 2.45) is 0 Å². The monoisotopic (exact) mass is 192 g/mol. The van der Waals surface area contributed by atoms with Crippen molar-refractivity contribution in [2.75, 3.05) is 18.5 Å². The van der Waals surface area contributed by atoms with E-state index in [4.69, 9.17) is 4.74 Å². The van der Waals surface area contributed by atoms with Gasteiger partial charge in [-0.25, -0.2) is 0 Å². The Hall–Kier alpha value is -1.51. The first-order valence-electron chi connectivity index (χ1n) is 4.70. The van der Waals surface area contributed by atoms with Gasteiger partial charge in [0.05, 0.1) is 6.61 Å². The Morgan fingerprint density at radius 1 is 1.57 bits per heavy atom. The fraction of sp³-hybridized carbons (Fsp3) is 0.364. The van der Waals surface area contributed by atoms with Crippen molar-refractivity contribution in [3.63, 3.8) is 0 Å². The van der Waals surface area contributed by atoms with Crippen LogP contribution in [-0.4, -0.2) is 18.1 Å². The van der Waals surface area contributed by atoms with E-state index in [1.165, 1.54) is 0 Å². The Kier molecular flexibility index (Phi) is 3.98. The molecule has 0 saturated carbocycles. The summed E-state index contributed by atoms with van der Waals surface area (Å²) < 4.78 is 5.28. The lowest BCUT2D eigenvalue weighted by molar-refractivity contribution is 0.327. The molecule has 0 aliphatic rings. The van der Waals surface area contributed by atoms with Gasteiger partial charge in [-0.2, -0.15) is 4.98 Å². The molecule has 0 aliphatic heterocycles. The molecule has 0 spiro atoms. The third-order valence-electron chi connectivity index (χ3n) is 1.59. The lowest BCUT2D eigenvalue weighted by Crippen LogP contribution is -2.04. The van der Waals surface area contributed by atoms with E-state index in [1.807, 2.05) is 32.0 Å². The Labute approximate surface area is 84.8 Å². The van der Waals surface area contributed by atoms with Crippen molar-refractivity contribution >= 4 is 5.82 Å². The third kappa shape index (κ3) is 3.47. The Morgan fingerprint density at radius 3 is 3.00 bits per heavy atom. The number of hydrogen-bond acceptors (Lipinski definition) is 3. The van der Waals surface area contributed by atoms with Gasteiger partial charge in [0, 0.05) is 12.6 Å². The molecule has 0 radical (unpaired) electrons. The third-order valence-corrected chi connectivity index (χ3v) is 1.59. The van der Waals surface area contributed by atoms with Crippen LogP contribution in [0.4, 0.5) is 5.82 Å². The molecule has 1 aromatic rings. The lowest BCUT2D eigenvalue weighted by atomic mass is 10.3. The van der Waals surface area contributed by atoms with E-state index in [0.717, 1.165) is 17.9 Å². The molecule has 1 heterocycles. The molecular formula is C11H16N2O. The number of rotatable bonds is 5. The molecule has 14 heavy (non-hydrogen) atoms. The van der Waals surface area contributed by atoms with Crippen LogP contribution in [0.5, 0.6) is 5.88 Å². The number of hydrogen-bond donors (Lipinski definition) is 1. The van der Waals surface area contributed by atoms with Crippen molar-refractivity contribution in [1.82, 2.24) is 4.98 Å². The van der Waals surface area contributed by atoms with E-state index in [1.54, 1.807) is 0 Å². The van der Waals surface area contributed by atoms with Crippen molar-refractivity contribution < 1.29 is 4.74 Å². The molecule has 1 aromatic heterocycles. The second kappa shape index (κ2) is 5.27. The first kappa shape index (κ1) is 10.6. The highest BCUT2D eigenvalue weighted by Crippen LogP contribution is 2.11. The van der Waals surface area contributed by atoms with Gasteiger partial charge in [0.25, 0.3) is 0 Å². The normalized spacial score (nSPS) is 9.57. The molecule has 3 heteroatoms. The van der Waals surface area contributed by atoms with Crippen LogP contribution in [0.3, 0.4) is 0 Å². The lowest BCUT2D eigenvalue weighted by Gasteiger charge is -2.07. The van der Waals surface area contributed by atoms with E-state index in [2.05, 4.69) is 16.9 Å². The number of aromatic nitrogens is 1. The molecule has 0 fully saturated rings. The number of nitrogens with one attached hydrogen (secondary N) is 1. The Balaban J connectivity index is 2.58. The molecular weight excluding hydrogens is 176 g/mol. The molecule has 1 rings (SSSR count). The number of ether oxygens (including phenoxy) is 1. The first-order valence-corrected chi connectivity index (χ1v) is 4.70. The number of nitrogens with zero attached hydrogens (tertiary/aromatic N) is 1. The van der Waals surface area contributed by atoms with Gasteiger partial charge in [-0.15, -0.1) is 0 Å². The Bertz CT molecular complexity index is 310. The minimum atomic E-state index is 0.636. The van der Waals surface area contributed by atoms with Gasteiger partial charge in [0.15, 0.2) is 0 Å². The van der Waals surface area contributed by atoms with E-state index >= 15 is 0 Å². The quantitative estimate of drug-likeness (QED) is 0.728. The predicted octanol–water partition coefficient (Wildman–Crippen LogP) is 2.47. The topological polar surface area (TPSA) is 34.1 Å². The van der Waals surface area contributed by atoms with Crippen LogP contribution in [0, 0.1) is 0 Å². The summed E-state index contributed by atoms with van der Waals surface area (Å²) in [7, 11) is 0. The van der Waals surface area contributed by atoms with E-state index in [-0.39, 0.29) is 0 Å². The van der Waals surface area contributed by atoms with Crippen LogP contribution in [0.15, 0.2) is 30.4 Å². The van der Waals surface area contributed by atoms with Crippen LogP contribution in [0.2, 0.25) is 0 Å². The standard InChI is InChI=1S/C11H16N2O/c1-4-14-11-7-5-6-10(13-11)12-8-9(2)3/h5-7H,2,4,8H2,1,3H3,(H,12,13). The van der Waals surface area contributed by atoms with Gasteiger partial charge in [-0.05, 0) is 19.9 Å². The zero-order valence-electron chi connectivity index (χ0n) is 8.71. The van der Waals surface area contributed by atoms with Crippen LogP contribution in [0.25, 0.3) is 0 Å². The zero-order chi connectivity index (χ0) is 10.4. The summed E-state index contributed by atoms with van der Waals surface area (Å²) in [6.45, 7) is 9.09. The molecule has 0 amide bonds. The number of pyridine rings is 1. The highest BCUT2D eigenvalue weighted by atomic mass is 16.5. The highest BCUT2D eigenvalue weighted by Gasteiger charge is 1.96. The molecule has 3 nitrogen and oxygen atoms in total. The maximum atomic E-state index is 5.28. The maximum absolute atomic E-state index is 5.28. The van der Waals surface area contributed by atoms with Gasteiger partial charge in [0.2, 0.25) is 5.88 Å². The summed E-state index contributed by atoms with van der Waals surface area (Å²) in [5.74, 6) is 1.47. The van der Waals surface area contributed by atoms with Gasteiger partial charge in [0.1, 0.15) is 5.82 Å². The molecule has 0 aliphatic carbocycles. The van der Waals surface area contributed by atoms with Gasteiger partial charge in [-0.1, -0.05) is 18.2 Å². The average molecular weight is 192 g/mol. The van der Waals surface area contributed by atoms with Crippen LogP contribution in [-0.2, 0) is 0 Å². The van der Waals surface area contributed by atoms with E-state index in [0.29, 0.717) is 12.5 Å². The SMILES string of the molecule is C=C(C)CNc1cccc(OCC)n1. The van der Waals surface area contributed by atoms with Gasteiger partial charge >= 0.3 is 0 Å². The molecule has 76 valence electrons. The van der Waals surface area contributed by atoms with Crippen molar-refractivity contribution in [2.45, 2.75) is 13.8 Å². The largest absolute Gasteiger partial charge is 0.478 e. The smallest absolute Gasteiger partial charge is 0.215 e. The summed E-state index contributed by atoms with van der Waals surface area (Å²) >= 11 is 0. The average Bonchev–Trinajstić information content (AvgIpc) is 2.16. The van der Waals surface area contributed by atoms with Gasteiger partial charge < -0.3 is 10.1 Å². The molecule has 0 atom stereocenters. The summed E-state index contributed by atoms with van der Waals surface area (Å²) in [6, 6.07) is 5.67. The van der Waals surface area contributed by atoms with E-state index < -0.39 is 0 Å². The molecule has 0 saturated heterocycles. The van der Waals surface area contributed by atoms with Crippen LogP contribution in [0.1, 0.15) is 13.8 Å². The second-order valence-electron chi connectivity index (χ2n) is 3.10. The molecule has 0 unspecified atom stereocenters. The van der Waals surface area contributed by atoms with Crippen LogP contribution < -0.4 is 10.1 Å². The summed E-state index contributed by atoms with van der Waals surface area (Å²) in [5.41, 5.74) is 1.08. The molecule has 1 N–H and O–H groups in total. The summed E-state index contributed by atoms with van der Waals surface area (Å²) in [6.07, 6.45) is 0. The van der Waals surface area contributed by atoms with Crippen molar-refractivity contribution in [1.29, 1.82) is 0 Å². The minimum Gasteiger partial charge on any atom is -0.478 e.